The second-order valence-electron chi connectivity index (χ2n) is 5.40. The van der Waals surface area contributed by atoms with Crippen LogP contribution in [-0.2, 0) is 5.41 Å². The van der Waals surface area contributed by atoms with Gasteiger partial charge in [0.2, 0.25) is 5.89 Å². The van der Waals surface area contributed by atoms with E-state index in [0.717, 1.165) is 5.69 Å². The molecule has 1 aromatic heterocycles. The van der Waals surface area contributed by atoms with Crippen LogP contribution in [0.5, 0.6) is 0 Å². The van der Waals surface area contributed by atoms with E-state index in [1.165, 1.54) is 44.9 Å². The fourth-order valence-corrected chi connectivity index (χ4v) is 2.53. The second kappa shape index (κ2) is 7.40. The molecule has 18 heavy (non-hydrogen) atoms. The molecule has 0 spiro atoms. The number of unbranched alkanes of at least 4 members (excludes halogenated alkanes) is 3. The van der Waals surface area contributed by atoms with Crippen molar-refractivity contribution >= 4 is 6.08 Å². The van der Waals surface area contributed by atoms with Crippen LogP contribution >= 0.6 is 0 Å². The van der Waals surface area contributed by atoms with E-state index >= 15 is 0 Å². The van der Waals surface area contributed by atoms with Crippen molar-refractivity contribution in [2.24, 2.45) is 0 Å². The minimum Gasteiger partial charge on any atom is -0.445 e. The van der Waals surface area contributed by atoms with Gasteiger partial charge < -0.3 is 4.42 Å². The fourth-order valence-electron chi connectivity index (χ4n) is 2.53. The van der Waals surface area contributed by atoms with Crippen molar-refractivity contribution in [2.75, 3.05) is 0 Å². The molecule has 0 aliphatic rings. The van der Waals surface area contributed by atoms with Crippen LogP contribution in [0.15, 0.2) is 17.3 Å². The fraction of sp³-hybridized carbons (Fsp3) is 0.688. The van der Waals surface area contributed by atoms with Crippen LogP contribution in [0.1, 0.15) is 77.3 Å². The number of nitrogens with zero attached hydrogens (tertiary/aromatic N) is 1. The van der Waals surface area contributed by atoms with E-state index in [-0.39, 0.29) is 5.41 Å². The second-order valence-corrected chi connectivity index (χ2v) is 5.40. The van der Waals surface area contributed by atoms with E-state index in [0.29, 0.717) is 5.89 Å². The van der Waals surface area contributed by atoms with Gasteiger partial charge in [-0.2, -0.15) is 0 Å². The third-order valence-electron chi connectivity index (χ3n) is 3.70. The van der Waals surface area contributed by atoms with Crippen LogP contribution in [0.25, 0.3) is 6.08 Å². The van der Waals surface area contributed by atoms with Crippen molar-refractivity contribution in [3.05, 3.63) is 24.4 Å². The molecule has 1 atom stereocenters. The van der Waals surface area contributed by atoms with Gasteiger partial charge in [0.05, 0.1) is 5.69 Å². The Morgan fingerprint density at radius 1 is 1.22 bits per heavy atom. The molecule has 0 bridgehead atoms. The van der Waals surface area contributed by atoms with Gasteiger partial charge in [-0.3, -0.25) is 0 Å². The summed E-state index contributed by atoms with van der Waals surface area (Å²) in [5, 5.41) is 0. The normalized spacial score (nSPS) is 14.4. The molecule has 0 N–H and O–H groups in total. The number of hydrogen-bond acceptors (Lipinski definition) is 2. The summed E-state index contributed by atoms with van der Waals surface area (Å²) in [6.07, 6.45) is 12.3. The summed E-state index contributed by atoms with van der Waals surface area (Å²) in [5.41, 5.74) is 1.25. The van der Waals surface area contributed by atoms with E-state index in [1.807, 2.05) is 6.26 Å². The maximum Gasteiger partial charge on any atom is 0.218 e. The van der Waals surface area contributed by atoms with Gasteiger partial charge in [-0.25, -0.2) is 4.98 Å². The van der Waals surface area contributed by atoms with Gasteiger partial charge in [-0.15, -0.1) is 0 Å². The first-order valence-electron chi connectivity index (χ1n) is 7.24. The third kappa shape index (κ3) is 4.01. The standard InChI is InChI=1S/C16H27NO/c1-5-8-9-10-12-16(4,11-6-2)14-13-18-15(7-3)17-14/h7,13H,3,5-6,8-12H2,1-2,4H3. The zero-order chi connectivity index (χ0) is 13.4. The monoisotopic (exact) mass is 249 g/mol. The first-order chi connectivity index (χ1) is 8.66. The highest BCUT2D eigenvalue weighted by molar-refractivity contribution is 5.34. The Morgan fingerprint density at radius 3 is 2.56 bits per heavy atom. The van der Waals surface area contributed by atoms with Crippen LogP contribution in [0.2, 0.25) is 0 Å². The van der Waals surface area contributed by atoms with Gasteiger partial charge in [-0.05, 0) is 18.9 Å². The highest BCUT2D eigenvalue weighted by atomic mass is 16.3. The van der Waals surface area contributed by atoms with Crippen molar-refractivity contribution < 1.29 is 4.42 Å². The average Bonchev–Trinajstić information content (AvgIpc) is 2.84. The van der Waals surface area contributed by atoms with E-state index in [2.05, 4.69) is 32.3 Å². The lowest BCUT2D eigenvalue weighted by Crippen LogP contribution is -2.22. The number of hydrogen-bond donors (Lipinski definition) is 0. The SMILES string of the molecule is C=Cc1nc(C(C)(CCC)CCCCCC)co1. The van der Waals surface area contributed by atoms with Gasteiger partial charge in [0.15, 0.2) is 0 Å². The maximum absolute atomic E-state index is 5.40. The minimum absolute atomic E-state index is 0.160. The van der Waals surface area contributed by atoms with Gasteiger partial charge >= 0.3 is 0 Å². The van der Waals surface area contributed by atoms with Gasteiger partial charge in [0.25, 0.3) is 0 Å². The third-order valence-corrected chi connectivity index (χ3v) is 3.70. The highest BCUT2D eigenvalue weighted by Crippen LogP contribution is 2.34. The molecule has 1 unspecified atom stereocenters. The lowest BCUT2D eigenvalue weighted by molar-refractivity contribution is 0.366. The largest absolute Gasteiger partial charge is 0.445 e. The van der Waals surface area contributed by atoms with Crippen LogP contribution < -0.4 is 0 Å². The molecule has 0 aliphatic carbocycles. The topological polar surface area (TPSA) is 26.0 Å². The number of rotatable bonds is 9. The molecule has 1 heterocycles. The van der Waals surface area contributed by atoms with Crippen molar-refractivity contribution in [3.63, 3.8) is 0 Å². The smallest absolute Gasteiger partial charge is 0.218 e. The summed E-state index contributed by atoms with van der Waals surface area (Å²) in [7, 11) is 0. The zero-order valence-corrected chi connectivity index (χ0v) is 12.2. The summed E-state index contributed by atoms with van der Waals surface area (Å²) in [5.74, 6) is 0.640. The Bertz CT molecular complexity index is 356. The van der Waals surface area contributed by atoms with Crippen molar-refractivity contribution in [3.8, 4) is 0 Å². The first-order valence-corrected chi connectivity index (χ1v) is 7.24. The van der Waals surface area contributed by atoms with Crippen LogP contribution in [0.4, 0.5) is 0 Å². The van der Waals surface area contributed by atoms with E-state index in [1.54, 1.807) is 6.08 Å². The van der Waals surface area contributed by atoms with Crippen LogP contribution in [-0.4, -0.2) is 4.98 Å². The van der Waals surface area contributed by atoms with E-state index in [4.69, 9.17) is 4.42 Å². The lowest BCUT2D eigenvalue weighted by Gasteiger charge is -2.27. The summed E-state index contributed by atoms with van der Waals surface area (Å²) in [6.45, 7) is 10.5. The molecule has 102 valence electrons. The molecule has 1 rings (SSSR count). The Hall–Kier alpha value is -1.05. The number of oxazole rings is 1. The van der Waals surface area contributed by atoms with Crippen molar-refractivity contribution in [1.82, 2.24) is 4.98 Å². The first kappa shape index (κ1) is 15.0. The zero-order valence-electron chi connectivity index (χ0n) is 12.2. The molecular formula is C16H27NO. The van der Waals surface area contributed by atoms with Gasteiger partial charge in [-0.1, -0.05) is 59.5 Å². The molecule has 2 heteroatoms. The quantitative estimate of drug-likeness (QED) is 0.552. The molecule has 2 nitrogen and oxygen atoms in total. The molecule has 0 saturated heterocycles. The van der Waals surface area contributed by atoms with E-state index in [9.17, 15) is 0 Å². The predicted octanol–water partition coefficient (Wildman–Crippen LogP) is 5.35. The number of aromatic nitrogens is 1. The summed E-state index contributed by atoms with van der Waals surface area (Å²) in [6, 6.07) is 0. The molecule has 1 aromatic rings. The molecule has 0 radical (unpaired) electrons. The van der Waals surface area contributed by atoms with Crippen LogP contribution in [0, 0.1) is 0 Å². The van der Waals surface area contributed by atoms with E-state index < -0.39 is 0 Å². The highest BCUT2D eigenvalue weighted by Gasteiger charge is 2.28. The Morgan fingerprint density at radius 2 is 2.00 bits per heavy atom. The summed E-state index contributed by atoms with van der Waals surface area (Å²) >= 11 is 0. The molecule has 0 aliphatic heterocycles. The Labute approximate surface area is 112 Å². The van der Waals surface area contributed by atoms with Crippen molar-refractivity contribution in [1.29, 1.82) is 0 Å². The maximum atomic E-state index is 5.40. The Kier molecular flexibility index (Phi) is 6.17. The lowest BCUT2D eigenvalue weighted by atomic mass is 9.78. The molecule has 0 saturated carbocycles. The van der Waals surface area contributed by atoms with Gasteiger partial charge in [0, 0.05) is 5.41 Å². The van der Waals surface area contributed by atoms with Crippen molar-refractivity contribution in [2.45, 2.75) is 71.1 Å². The Balaban J connectivity index is 2.68. The summed E-state index contributed by atoms with van der Waals surface area (Å²) in [4.78, 5) is 4.53. The molecule has 0 amide bonds. The summed E-state index contributed by atoms with van der Waals surface area (Å²) < 4.78 is 5.40. The van der Waals surface area contributed by atoms with Crippen LogP contribution in [0.3, 0.4) is 0 Å². The predicted molar refractivity (Wildman–Crippen MR) is 77.6 cm³/mol. The average molecular weight is 249 g/mol. The van der Waals surface area contributed by atoms with Gasteiger partial charge in [0.1, 0.15) is 6.26 Å². The molecular weight excluding hydrogens is 222 g/mol. The molecule has 0 fully saturated rings. The molecule has 0 aromatic carbocycles. The minimum atomic E-state index is 0.160.